The van der Waals surface area contributed by atoms with E-state index in [-0.39, 0.29) is 5.54 Å². The summed E-state index contributed by atoms with van der Waals surface area (Å²) < 4.78 is 0. The molecule has 0 aliphatic carbocycles. The zero-order valence-corrected chi connectivity index (χ0v) is 11.1. The van der Waals surface area contributed by atoms with Crippen molar-refractivity contribution < 1.29 is 0 Å². The maximum absolute atomic E-state index is 3.61. The minimum absolute atomic E-state index is 0.269. The Morgan fingerprint density at radius 1 is 1.33 bits per heavy atom. The van der Waals surface area contributed by atoms with Crippen molar-refractivity contribution in [3.05, 3.63) is 0 Å². The van der Waals surface area contributed by atoms with Crippen LogP contribution >= 0.6 is 0 Å². The minimum Gasteiger partial charge on any atom is -0.312 e. The minimum atomic E-state index is 0.269. The third-order valence-electron chi connectivity index (χ3n) is 2.91. The molecule has 0 radical (unpaired) electrons. The molecule has 1 aliphatic rings. The van der Waals surface area contributed by atoms with Gasteiger partial charge in [0.1, 0.15) is 0 Å². The molecule has 15 heavy (non-hydrogen) atoms. The highest BCUT2D eigenvalue weighted by Crippen LogP contribution is 2.17. The molecular formula is C13H28N2. The van der Waals surface area contributed by atoms with Crippen molar-refractivity contribution in [3.63, 3.8) is 0 Å². The summed E-state index contributed by atoms with van der Waals surface area (Å²) in [6.45, 7) is 16.4. The van der Waals surface area contributed by atoms with E-state index in [4.69, 9.17) is 0 Å². The van der Waals surface area contributed by atoms with Gasteiger partial charge in [0.2, 0.25) is 0 Å². The second-order valence-corrected chi connectivity index (χ2v) is 6.44. The van der Waals surface area contributed by atoms with Gasteiger partial charge in [0.05, 0.1) is 0 Å². The van der Waals surface area contributed by atoms with Crippen molar-refractivity contribution in [2.24, 2.45) is 11.8 Å². The van der Waals surface area contributed by atoms with Crippen LogP contribution in [-0.4, -0.2) is 36.6 Å². The van der Waals surface area contributed by atoms with Gasteiger partial charge < -0.3 is 10.2 Å². The smallest absolute Gasteiger partial charge is 0.00966 e. The van der Waals surface area contributed by atoms with Gasteiger partial charge in [-0.2, -0.15) is 0 Å². The predicted molar refractivity (Wildman–Crippen MR) is 67.1 cm³/mol. The number of hydrogen-bond donors (Lipinski definition) is 1. The third kappa shape index (κ3) is 5.53. The van der Waals surface area contributed by atoms with E-state index >= 15 is 0 Å². The molecular weight excluding hydrogens is 184 g/mol. The van der Waals surface area contributed by atoms with Crippen LogP contribution in [0.5, 0.6) is 0 Å². The van der Waals surface area contributed by atoms with Crippen LogP contribution in [0, 0.1) is 11.8 Å². The molecule has 1 saturated heterocycles. The van der Waals surface area contributed by atoms with Crippen molar-refractivity contribution >= 4 is 0 Å². The van der Waals surface area contributed by atoms with Gasteiger partial charge in [0.25, 0.3) is 0 Å². The molecule has 1 heterocycles. The Kier molecular flexibility index (Phi) is 4.60. The Morgan fingerprint density at radius 2 is 2.00 bits per heavy atom. The van der Waals surface area contributed by atoms with Gasteiger partial charge in [-0.15, -0.1) is 0 Å². The second-order valence-electron chi connectivity index (χ2n) is 6.44. The van der Waals surface area contributed by atoms with Crippen molar-refractivity contribution in [2.45, 2.75) is 46.6 Å². The lowest BCUT2D eigenvalue weighted by Gasteiger charge is -2.23. The summed E-state index contributed by atoms with van der Waals surface area (Å²) in [5, 5.41) is 3.61. The van der Waals surface area contributed by atoms with Crippen molar-refractivity contribution in [2.75, 3.05) is 26.2 Å². The summed E-state index contributed by atoms with van der Waals surface area (Å²) in [6, 6.07) is 0. The van der Waals surface area contributed by atoms with E-state index in [1.807, 2.05) is 0 Å². The van der Waals surface area contributed by atoms with Gasteiger partial charge in [-0.3, -0.25) is 0 Å². The molecule has 0 bridgehead atoms. The molecule has 0 amide bonds. The summed E-state index contributed by atoms with van der Waals surface area (Å²) in [7, 11) is 0. The zero-order valence-electron chi connectivity index (χ0n) is 11.1. The Hall–Kier alpha value is -0.0800. The molecule has 1 N–H and O–H groups in total. The fourth-order valence-corrected chi connectivity index (χ4v) is 2.21. The molecule has 2 heteroatoms. The first-order valence-corrected chi connectivity index (χ1v) is 6.34. The van der Waals surface area contributed by atoms with Crippen LogP contribution in [0.3, 0.4) is 0 Å². The quantitative estimate of drug-likeness (QED) is 0.769. The standard InChI is InChI=1S/C13H28N2/c1-11(2)9-15-7-6-12(10-15)8-14-13(3,4)5/h11-12,14H,6-10H2,1-5H3. The molecule has 1 unspecified atom stereocenters. The average molecular weight is 212 g/mol. The first-order valence-electron chi connectivity index (χ1n) is 6.34. The van der Waals surface area contributed by atoms with Crippen LogP contribution in [-0.2, 0) is 0 Å². The van der Waals surface area contributed by atoms with Crippen LogP contribution in [0.2, 0.25) is 0 Å². The lowest BCUT2D eigenvalue weighted by molar-refractivity contribution is 0.281. The predicted octanol–water partition coefficient (Wildman–Crippen LogP) is 2.35. The Bertz CT molecular complexity index is 181. The van der Waals surface area contributed by atoms with Gasteiger partial charge in [0, 0.05) is 18.6 Å². The fourth-order valence-electron chi connectivity index (χ4n) is 2.21. The van der Waals surface area contributed by atoms with Gasteiger partial charge in [-0.1, -0.05) is 13.8 Å². The first-order chi connectivity index (χ1) is 6.87. The van der Waals surface area contributed by atoms with E-state index in [2.05, 4.69) is 44.8 Å². The third-order valence-corrected chi connectivity index (χ3v) is 2.91. The molecule has 1 rings (SSSR count). The summed E-state index contributed by atoms with van der Waals surface area (Å²) >= 11 is 0. The lowest BCUT2D eigenvalue weighted by Crippen LogP contribution is -2.39. The highest BCUT2D eigenvalue weighted by molar-refractivity contribution is 4.80. The number of nitrogens with one attached hydrogen (secondary N) is 1. The summed E-state index contributed by atoms with van der Waals surface area (Å²) in [6.07, 6.45) is 1.37. The number of nitrogens with zero attached hydrogens (tertiary/aromatic N) is 1. The fraction of sp³-hybridized carbons (Fsp3) is 1.00. The van der Waals surface area contributed by atoms with E-state index in [1.165, 1.54) is 32.6 Å². The Labute approximate surface area is 95.4 Å². The Balaban J connectivity index is 2.19. The van der Waals surface area contributed by atoms with E-state index in [9.17, 15) is 0 Å². The molecule has 0 saturated carbocycles. The molecule has 0 spiro atoms. The zero-order chi connectivity index (χ0) is 11.5. The molecule has 1 aliphatic heterocycles. The first kappa shape index (κ1) is 13.0. The lowest BCUT2D eigenvalue weighted by atomic mass is 10.1. The number of hydrogen-bond acceptors (Lipinski definition) is 2. The van der Waals surface area contributed by atoms with Crippen LogP contribution < -0.4 is 5.32 Å². The van der Waals surface area contributed by atoms with E-state index in [1.54, 1.807) is 0 Å². The monoisotopic (exact) mass is 212 g/mol. The van der Waals surface area contributed by atoms with E-state index < -0.39 is 0 Å². The highest BCUT2D eigenvalue weighted by Gasteiger charge is 2.23. The Morgan fingerprint density at radius 3 is 2.53 bits per heavy atom. The van der Waals surface area contributed by atoms with Crippen LogP contribution in [0.25, 0.3) is 0 Å². The summed E-state index contributed by atoms with van der Waals surface area (Å²) in [4.78, 5) is 2.61. The van der Waals surface area contributed by atoms with Crippen LogP contribution in [0.1, 0.15) is 41.0 Å². The molecule has 1 atom stereocenters. The number of likely N-dealkylation sites (tertiary alicyclic amines) is 1. The SMILES string of the molecule is CC(C)CN1CCC(CNC(C)(C)C)C1. The van der Waals surface area contributed by atoms with Gasteiger partial charge >= 0.3 is 0 Å². The van der Waals surface area contributed by atoms with Crippen molar-refractivity contribution in [3.8, 4) is 0 Å². The summed E-state index contributed by atoms with van der Waals surface area (Å²) in [5.41, 5.74) is 0.269. The van der Waals surface area contributed by atoms with Gasteiger partial charge in [-0.05, 0) is 52.1 Å². The van der Waals surface area contributed by atoms with Crippen molar-refractivity contribution in [1.29, 1.82) is 0 Å². The van der Waals surface area contributed by atoms with Crippen LogP contribution in [0.15, 0.2) is 0 Å². The molecule has 90 valence electrons. The molecule has 0 aromatic heterocycles. The second kappa shape index (κ2) is 5.31. The topological polar surface area (TPSA) is 15.3 Å². The molecule has 2 nitrogen and oxygen atoms in total. The largest absolute Gasteiger partial charge is 0.312 e. The van der Waals surface area contributed by atoms with Gasteiger partial charge in [-0.25, -0.2) is 0 Å². The van der Waals surface area contributed by atoms with Crippen LogP contribution in [0.4, 0.5) is 0 Å². The maximum atomic E-state index is 3.61. The molecule has 0 aromatic carbocycles. The van der Waals surface area contributed by atoms with E-state index in [0.29, 0.717) is 0 Å². The normalized spacial score (nSPS) is 24.0. The average Bonchev–Trinajstić information content (AvgIpc) is 2.46. The molecule has 1 fully saturated rings. The molecule has 0 aromatic rings. The highest BCUT2D eigenvalue weighted by atomic mass is 15.2. The maximum Gasteiger partial charge on any atom is 0.00966 e. The summed E-state index contributed by atoms with van der Waals surface area (Å²) in [5.74, 6) is 1.67. The van der Waals surface area contributed by atoms with Crippen molar-refractivity contribution in [1.82, 2.24) is 10.2 Å². The number of rotatable bonds is 4. The van der Waals surface area contributed by atoms with E-state index in [0.717, 1.165) is 11.8 Å². The van der Waals surface area contributed by atoms with Gasteiger partial charge in [0.15, 0.2) is 0 Å².